The third kappa shape index (κ3) is 3.74. The van der Waals surface area contributed by atoms with Gasteiger partial charge in [0.05, 0.1) is 27.1 Å². The van der Waals surface area contributed by atoms with Gasteiger partial charge in [0.15, 0.2) is 17.3 Å². The first-order chi connectivity index (χ1) is 13.1. The van der Waals surface area contributed by atoms with Crippen molar-refractivity contribution in [3.63, 3.8) is 0 Å². The van der Waals surface area contributed by atoms with Crippen LogP contribution in [0.5, 0.6) is 11.5 Å². The molecule has 6 heteroatoms. The molecule has 2 atom stereocenters. The van der Waals surface area contributed by atoms with Crippen LogP contribution in [0.25, 0.3) is 5.57 Å². The van der Waals surface area contributed by atoms with Gasteiger partial charge in [-0.3, -0.25) is 9.59 Å². The minimum atomic E-state index is -0.903. The fourth-order valence-corrected chi connectivity index (χ4v) is 3.39. The third-order valence-electron chi connectivity index (χ3n) is 4.67. The van der Waals surface area contributed by atoms with Crippen molar-refractivity contribution < 1.29 is 28.2 Å². The lowest BCUT2D eigenvalue weighted by Gasteiger charge is -2.27. The van der Waals surface area contributed by atoms with Gasteiger partial charge < -0.3 is 18.6 Å². The first-order valence-corrected chi connectivity index (χ1v) is 8.75. The summed E-state index contributed by atoms with van der Waals surface area (Å²) in [5.74, 6) is -0.356. The number of benzene rings is 1. The second kappa shape index (κ2) is 8.12. The Morgan fingerprint density at radius 3 is 2.59 bits per heavy atom. The molecular weight excluding hydrogens is 348 g/mol. The number of methoxy groups -OCH3 is 2. The minimum absolute atomic E-state index is 0.222. The van der Waals surface area contributed by atoms with Crippen molar-refractivity contribution >= 4 is 17.3 Å². The van der Waals surface area contributed by atoms with Crippen molar-refractivity contribution in [2.45, 2.75) is 19.3 Å². The van der Waals surface area contributed by atoms with Crippen molar-refractivity contribution in [3.05, 3.63) is 54.0 Å². The number of rotatable bonds is 6. The molecule has 0 saturated heterocycles. The van der Waals surface area contributed by atoms with Crippen molar-refractivity contribution in [2.75, 3.05) is 20.8 Å². The molecule has 142 valence electrons. The van der Waals surface area contributed by atoms with Gasteiger partial charge in [-0.05, 0) is 54.8 Å². The molecule has 0 spiro atoms. The topological polar surface area (TPSA) is 75.0 Å². The zero-order chi connectivity index (χ0) is 19.4. The van der Waals surface area contributed by atoms with E-state index in [1.807, 2.05) is 12.1 Å². The van der Waals surface area contributed by atoms with Crippen LogP contribution in [0.15, 0.2) is 47.1 Å². The highest BCUT2D eigenvalue weighted by Gasteiger charge is 2.41. The lowest BCUT2D eigenvalue weighted by molar-refractivity contribution is -0.151. The molecular formula is C21H22O6. The van der Waals surface area contributed by atoms with Crippen LogP contribution >= 0.6 is 0 Å². The van der Waals surface area contributed by atoms with E-state index in [0.717, 1.165) is 11.1 Å². The largest absolute Gasteiger partial charge is 0.493 e. The van der Waals surface area contributed by atoms with E-state index in [2.05, 4.69) is 0 Å². The highest BCUT2D eigenvalue weighted by molar-refractivity contribution is 6.10. The van der Waals surface area contributed by atoms with Gasteiger partial charge in [-0.25, -0.2) is 0 Å². The zero-order valence-corrected chi connectivity index (χ0v) is 15.6. The Balaban J connectivity index is 2.00. The molecule has 6 nitrogen and oxygen atoms in total. The zero-order valence-electron chi connectivity index (χ0n) is 15.6. The Morgan fingerprint density at radius 1 is 1.19 bits per heavy atom. The summed E-state index contributed by atoms with van der Waals surface area (Å²) >= 11 is 0. The number of hydrogen-bond acceptors (Lipinski definition) is 6. The molecule has 0 amide bonds. The van der Waals surface area contributed by atoms with Crippen LogP contribution in [0.2, 0.25) is 0 Å². The molecule has 0 fully saturated rings. The molecule has 2 aromatic rings. The molecule has 0 radical (unpaired) electrons. The van der Waals surface area contributed by atoms with E-state index in [0.29, 0.717) is 23.7 Å². The molecule has 1 aromatic carbocycles. The van der Waals surface area contributed by atoms with E-state index in [1.54, 1.807) is 39.3 Å². The highest BCUT2D eigenvalue weighted by atomic mass is 16.5. The van der Waals surface area contributed by atoms with Crippen molar-refractivity contribution in [1.29, 1.82) is 0 Å². The third-order valence-corrected chi connectivity index (χ3v) is 4.67. The van der Waals surface area contributed by atoms with Crippen LogP contribution in [0.4, 0.5) is 0 Å². The lowest BCUT2D eigenvalue weighted by Crippen LogP contribution is -2.33. The average Bonchev–Trinajstić information content (AvgIpc) is 3.21. The van der Waals surface area contributed by atoms with Crippen molar-refractivity contribution in [3.8, 4) is 11.5 Å². The fraction of sp³-hybridized carbons (Fsp3) is 0.333. The number of allylic oxidation sites excluding steroid dienone is 2. The molecule has 0 bridgehead atoms. The second-order valence-electron chi connectivity index (χ2n) is 6.20. The summed E-state index contributed by atoms with van der Waals surface area (Å²) in [5.41, 5.74) is 1.64. The summed E-state index contributed by atoms with van der Waals surface area (Å²) in [7, 11) is 3.13. The van der Waals surface area contributed by atoms with Crippen LogP contribution in [-0.2, 0) is 14.3 Å². The predicted molar refractivity (Wildman–Crippen MR) is 98.7 cm³/mol. The van der Waals surface area contributed by atoms with Gasteiger partial charge in [0.2, 0.25) is 0 Å². The van der Waals surface area contributed by atoms with Crippen LogP contribution in [-0.4, -0.2) is 32.6 Å². The first-order valence-electron chi connectivity index (χ1n) is 8.75. The van der Waals surface area contributed by atoms with Crippen LogP contribution in [0, 0.1) is 5.92 Å². The normalized spacial score (nSPS) is 19.4. The van der Waals surface area contributed by atoms with E-state index < -0.39 is 17.8 Å². The van der Waals surface area contributed by atoms with Gasteiger partial charge >= 0.3 is 5.97 Å². The van der Waals surface area contributed by atoms with Gasteiger partial charge in [0, 0.05) is 5.92 Å². The summed E-state index contributed by atoms with van der Waals surface area (Å²) in [6.45, 7) is 1.94. The summed E-state index contributed by atoms with van der Waals surface area (Å²) in [5, 5.41) is 0. The fourth-order valence-electron chi connectivity index (χ4n) is 3.39. The van der Waals surface area contributed by atoms with E-state index >= 15 is 0 Å². The number of esters is 1. The number of carbonyl (C=O) groups is 2. The summed E-state index contributed by atoms with van der Waals surface area (Å²) in [6, 6.07) is 9.00. The maximum Gasteiger partial charge on any atom is 0.317 e. The number of ether oxygens (including phenoxy) is 3. The minimum Gasteiger partial charge on any atom is -0.493 e. The molecule has 1 aliphatic rings. The van der Waals surface area contributed by atoms with Gasteiger partial charge in [0.1, 0.15) is 11.7 Å². The van der Waals surface area contributed by atoms with Crippen LogP contribution in [0.3, 0.4) is 0 Å². The highest BCUT2D eigenvalue weighted by Crippen LogP contribution is 2.42. The molecule has 0 N–H and O–H groups in total. The lowest BCUT2D eigenvalue weighted by atomic mass is 9.75. The molecule has 1 aromatic heterocycles. The molecule has 3 rings (SSSR count). The van der Waals surface area contributed by atoms with Gasteiger partial charge in [0.25, 0.3) is 0 Å². The quantitative estimate of drug-likeness (QED) is 0.571. The second-order valence-corrected chi connectivity index (χ2v) is 6.20. The molecule has 2 unspecified atom stereocenters. The molecule has 1 aliphatic carbocycles. The molecule has 0 aliphatic heterocycles. The number of carbonyl (C=O) groups excluding carboxylic acids is 2. The maximum atomic E-state index is 12.8. The predicted octanol–water partition coefficient (Wildman–Crippen LogP) is 3.62. The van der Waals surface area contributed by atoms with Crippen molar-refractivity contribution in [1.82, 2.24) is 0 Å². The standard InChI is InChI=1S/C21H22O6/c1-4-26-21(23)20-15(17-6-5-9-27-17)10-14(11-16(20)22)13-7-8-18(24-2)19(12-13)25-3/h5-9,11-12,15,20H,4,10H2,1-3H3. The molecule has 1 heterocycles. The molecule has 27 heavy (non-hydrogen) atoms. The van der Waals surface area contributed by atoms with Crippen LogP contribution < -0.4 is 9.47 Å². The Hall–Kier alpha value is -3.02. The Kier molecular flexibility index (Phi) is 5.64. The van der Waals surface area contributed by atoms with Gasteiger partial charge in [-0.2, -0.15) is 0 Å². The van der Waals surface area contributed by atoms with E-state index in [4.69, 9.17) is 18.6 Å². The van der Waals surface area contributed by atoms with E-state index in [1.165, 1.54) is 12.3 Å². The van der Waals surface area contributed by atoms with E-state index in [-0.39, 0.29) is 12.4 Å². The molecule has 0 saturated carbocycles. The number of hydrogen-bond donors (Lipinski definition) is 0. The Labute approximate surface area is 157 Å². The average molecular weight is 370 g/mol. The van der Waals surface area contributed by atoms with Gasteiger partial charge in [-0.1, -0.05) is 6.07 Å². The summed E-state index contributed by atoms with van der Waals surface area (Å²) < 4.78 is 21.3. The monoisotopic (exact) mass is 370 g/mol. The number of ketones is 1. The van der Waals surface area contributed by atoms with Gasteiger partial charge in [-0.15, -0.1) is 0 Å². The maximum absolute atomic E-state index is 12.8. The van der Waals surface area contributed by atoms with E-state index in [9.17, 15) is 9.59 Å². The summed E-state index contributed by atoms with van der Waals surface area (Å²) in [4.78, 5) is 25.2. The Morgan fingerprint density at radius 2 is 1.96 bits per heavy atom. The Bertz CT molecular complexity index is 850. The van der Waals surface area contributed by atoms with Crippen molar-refractivity contribution in [2.24, 2.45) is 5.92 Å². The smallest absolute Gasteiger partial charge is 0.317 e. The summed E-state index contributed by atoms with van der Waals surface area (Å²) in [6.07, 6.45) is 3.52. The first kappa shape index (κ1) is 18.8. The number of furan rings is 1. The SMILES string of the molecule is CCOC(=O)C1C(=O)C=C(c2ccc(OC)c(OC)c2)CC1c1ccco1. The van der Waals surface area contributed by atoms with Crippen LogP contribution in [0.1, 0.15) is 30.6 Å².